The molecule has 1 amide bonds. The minimum absolute atomic E-state index is 0.402. The van der Waals surface area contributed by atoms with Crippen LogP contribution in [0.15, 0.2) is 0 Å². The van der Waals surface area contributed by atoms with E-state index in [1.54, 1.807) is 0 Å². The van der Waals surface area contributed by atoms with Gasteiger partial charge in [0.15, 0.2) is 0 Å². The molecule has 0 aliphatic heterocycles. The van der Waals surface area contributed by atoms with Crippen LogP contribution in [0.1, 0.15) is 32.6 Å². The van der Waals surface area contributed by atoms with Crippen molar-refractivity contribution >= 4 is 5.91 Å². The van der Waals surface area contributed by atoms with E-state index in [1.165, 1.54) is 19.3 Å². The minimum atomic E-state index is 0.402. The van der Waals surface area contributed by atoms with Gasteiger partial charge in [-0.3, -0.25) is 4.79 Å². The van der Waals surface area contributed by atoms with Crippen LogP contribution in [0.5, 0.6) is 0 Å². The third kappa shape index (κ3) is 1.70. The van der Waals surface area contributed by atoms with E-state index in [9.17, 15) is 4.79 Å². The van der Waals surface area contributed by atoms with Crippen LogP contribution >= 0.6 is 0 Å². The Morgan fingerprint density at radius 2 is 1.94 bits per heavy atom. The molecule has 3 aliphatic rings. The summed E-state index contributed by atoms with van der Waals surface area (Å²) in [5.74, 6) is 4.17. The summed E-state index contributed by atoms with van der Waals surface area (Å²) >= 11 is 0. The Morgan fingerprint density at radius 1 is 1.29 bits per heavy atom. The molecule has 2 N–H and O–H groups in total. The number of hydrogen-bond donors (Lipinski definition) is 1. The largest absolute Gasteiger partial charge is 0.343 e. The maximum absolute atomic E-state index is 12.5. The van der Waals surface area contributed by atoms with Crippen LogP contribution in [0.25, 0.3) is 0 Å². The van der Waals surface area contributed by atoms with Crippen molar-refractivity contribution in [2.24, 2.45) is 35.3 Å². The summed E-state index contributed by atoms with van der Waals surface area (Å²) in [6.07, 6.45) is 5.15. The zero-order valence-corrected chi connectivity index (χ0v) is 10.8. The Bertz CT molecular complexity index is 301. The molecule has 3 rings (SSSR count). The van der Waals surface area contributed by atoms with E-state index in [1.807, 2.05) is 4.90 Å². The van der Waals surface area contributed by atoms with E-state index >= 15 is 0 Å². The SMILES string of the molecule is CCN(CCCN)C(=O)C1C2C3CCC(C3)C12. The summed E-state index contributed by atoms with van der Waals surface area (Å²) in [5, 5.41) is 0. The fourth-order valence-corrected chi connectivity index (χ4v) is 4.57. The Morgan fingerprint density at radius 3 is 2.47 bits per heavy atom. The molecule has 0 aromatic rings. The van der Waals surface area contributed by atoms with Crippen LogP contribution in [-0.2, 0) is 4.79 Å². The Balaban J connectivity index is 1.60. The monoisotopic (exact) mass is 236 g/mol. The van der Waals surface area contributed by atoms with Gasteiger partial charge in [-0.1, -0.05) is 0 Å². The van der Waals surface area contributed by atoms with Crippen molar-refractivity contribution in [1.82, 2.24) is 4.90 Å². The molecule has 3 nitrogen and oxygen atoms in total. The Labute approximate surface area is 104 Å². The zero-order valence-electron chi connectivity index (χ0n) is 10.8. The van der Waals surface area contributed by atoms with Crippen molar-refractivity contribution < 1.29 is 4.79 Å². The Hall–Kier alpha value is -0.570. The molecule has 0 heterocycles. The molecule has 17 heavy (non-hydrogen) atoms. The molecule has 0 radical (unpaired) electrons. The summed E-state index contributed by atoms with van der Waals surface area (Å²) in [7, 11) is 0. The van der Waals surface area contributed by atoms with E-state index in [-0.39, 0.29) is 0 Å². The van der Waals surface area contributed by atoms with Gasteiger partial charge in [0.2, 0.25) is 5.91 Å². The topological polar surface area (TPSA) is 46.3 Å². The van der Waals surface area contributed by atoms with E-state index in [0.29, 0.717) is 18.4 Å². The summed E-state index contributed by atoms with van der Waals surface area (Å²) in [6, 6.07) is 0. The van der Waals surface area contributed by atoms with E-state index in [0.717, 1.165) is 43.2 Å². The molecule has 0 aromatic heterocycles. The lowest BCUT2D eigenvalue weighted by atomic mass is 10.0. The van der Waals surface area contributed by atoms with Crippen molar-refractivity contribution in [2.45, 2.75) is 32.6 Å². The smallest absolute Gasteiger partial charge is 0.226 e. The molecule has 3 heteroatoms. The molecule has 0 spiro atoms. The maximum atomic E-state index is 12.5. The number of carbonyl (C=O) groups is 1. The van der Waals surface area contributed by atoms with Gasteiger partial charge in [-0.25, -0.2) is 0 Å². The number of amides is 1. The van der Waals surface area contributed by atoms with E-state index in [4.69, 9.17) is 5.73 Å². The average Bonchev–Trinajstić information content (AvgIpc) is 2.78. The number of nitrogens with zero attached hydrogens (tertiary/aromatic N) is 1. The van der Waals surface area contributed by atoms with Crippen LogP contribution in [0.4, 0.5) is 0 Å². The molecule has 4 unspecified atom stereocenters. The lowest BCUT2D eigenvalue weighted by Crippen LogP contribution is -2.35. The highest BCUT2D eigenvalue weighted by atomic mass is 16.2. The highest BCUT2D eigenvalue weighted by Crippen LogP contribution is 2.69. The maximum Gasteiger partial charge on any atom is 0.226 e. The fourth-order valence-electron chi connectivity index (χ4n) is 4.57. The van der Waals surface area contributed by atoms with Gasteiger partial charge in [-0.05, 0) is 62.8 Å². The second-order valence-electron chi connectivity index (χ2n) is 6.07. The fraction of sp³-hybridized carbons (Fsp3) is 0.929. The second-order valence-corrected chi connectivity index (χ2v) is 6.07. The lowest BCUT2D eigenvalue weighted by molar-refractivity contribution is -0.133. The predicted molar refractivity (Wildman–Crippen MR) is 67.2 cm³/mol. The molecular formula is C14H24N2O. The molecule has 3 aliphatic carbocycles. The first-order chi connectivity index (χ1) is 8.27. The number of hydrogen-bond acceptors (Lipinski definition) is 2. The van der Waals surface area contributed by atoms with Gasteiger partial charge < -0.3 is 10.6 Å². The van der Waals surface area contributed by atoms with Gasteiger partial charge in [-0.15, -0.1) is 0 Å². The second kappa shape index (κ2) is 4.27. The molecule has 2 bridgehead atoms. The summed E-state index contributed by atoms with van der Waals surface area (Å²) in [4.78, 5) is 14.5. The number of fused-ring (bicyclic) bond motifs is 5. The standard InChI is InChI=1S/C14H24N2O/c1-2-16(7-3-6-15)14(17)13-11-9-4-5-10(8-9)12(11)13/h9-13H,2-8,15H2,1H3. The van der Waals surface area contributed by atoms with Crippen LogP contribution in [0, 0.1) is 29.6 Å². The minimum Gasteiger partial charge on any atom is -0.343 e. The van der Waals surface area contributed by atoms with Crippen LogP contribution in [0.2, 0.25) is 0 Å². The van der Waals surface area contributed by atoms with Crippen molar-refractivity contribution in [3.05, 3.63) is 0 Å². The van der Waals surface area contributed by atoms with Crippen molar-refractivity contribution in [2.75, 3.05) is 19.6 Å². The van der Waals surface area contributed by atoms with Gasteiger partial charge in [0, 0.05) is 19.0 Å². The first-order valence-corrected chi connectivity index (χ1v) is 7.26. The highest BCUT2D eigenvalue weighted by molar-refractivity contribution is 5.83. The van der Waals surface area contributed by atoms with E-state index < -0.39 is 0 Å². The van der Waals surface area contributed by atoms with Crippen molar-refractivity contribution in [3.63, 3.8) is 0 Å². The number of rotatable bonds is 5. The summed E-state index contributed by atoms with van der Waals surface area (Å²) < 4.78 is 0. The molecule has 0 saturated heterocycles. The third-order valence-corrected chi connectivity index (χ3v) is 5.35. The normalized spacial score (nSPS) is 41.4. The predicted octanol–water partition coefficient (Wildman–Crippen LogP) is 1.48. The van der Waals surface area contributed by atoms with Crippen LogP contribution < -0.4 is 5.73 Å². The Kier molecular flexibility index (Phi) is 2.89. The van der Waals surface area contributed by atoms with Crippen LogP contribution in [-0.4, -0.2) is 30.4 Å². The van der Waals surface area contributed by atoms with Crippen molar-refractivity contribution in [3.8, 4) is 0 Å². The molecule has 3 saturated carbocycles. The van der Waals surface area contributed by atoms with Crippen molar-refractivity contribution in [1.29, 1.82) is 0 Å². The highest BCUT2D eigenvalue weighted by Gasteiger charge is 2.67. The van der Waals surface area contributed by atoms with E-state index in [2.05, 4.69) is 6.92 Å². The van der Waals surface area contributed by atoms with Gasteiger partial charge >= 0.3 is 0 Å². The summed E-state index contributed by atoms with van der Waals surface area (Å²) in [6.45, 7) is 4.48. The number of carbonyl (C=O) groups excluding carboxylic acids is 1. The molecule has 96 valence electrons. The zero-order chi connectivity index (χ0) is 12.0. The lowest BCUT2D eigenvalue weighted by Gasteiger charge is -2.22. The number of nitrogens with two attached hydrogens (primary N) is 1. The molecular weight excluding hydrogens is 212 g/mol. The first kappa shape index (κ1) is 11.5. The average molecular weight is 236 g/mol. The van der Waals surface area contributed by atoms with Gasteiger partial charge in [0.05, 0.1) is 0 Å². The quantitative estimate of drug-likeness (QED) is 0.786. The molecule has 4 atom stereocenters. The third-order valence-electron chi connectivity index (χ3n) is 5.35. The van der Waals surface area contributed by atoms with Gasteiger partial charge in [0.1, 0.15) is 0 Å². The molecule has 3 fully saturated rings. The van der Waals surface area contributed by atoms with Crippen LogP contribution in [0.3, 0.4) is 0 Å². The van der Waals surface area contributed by atoms with Gasteiger partial charge in [0.25, 0.3) is 0 Å². The van der Waals surface area contributed by atoms with Gasteiger partial charge in [-0.2, -0.15) is 0 Å². The molecule has 0 aromatic carbocycles. The summed E-state index contributed by atoms with van der Waals surface area (Å²) in [5.41, 5.74) is 5.53. The first-order valence-electron chi connectivity index (χ1n) is 7.26.